The highest BCUT2D eigenvalue weighted by Gasteiger charge is 2.36. The molecule has 88 valence electrons. The van der Waals surface area contributed by atoms with Crippen LogP contribution in [-0.2, 0) is 4.79 Å². The zero-order chi connectivity index (χ0) is 11.6. The van der Waals surface area contributed by atoms with E-state index in [0.717, 1.165) is 25.7 Å². The first-order valence-corrected chi connectivity index (χ1v) is 6.36. The first kappa shape index (κ1) is 11.4. The molecule has 0 aliphatic heterocycles. The van der Waals surface area contributed by atoms with E-state index in [9.17, 15) is 10.1 Å². The molecule has 2 aliphatic carbocycles. The summed E-state index contributed by atoms with van der Waals surface area (Å²) in [6.07, 6.45) is 6.74. The summed E-state index contributed by atoms with van der Waals surface area (Å²) in [4.78, 5) is 11.7. The number of nitrogens with one attached hydrogen (secondary N) is 1. The van der Waals surface area contributed by atoms with Crippen molar-refractivity contribution in [1.29, 1.82) is 5.26 Å². The SMILES string of the molecule is CC1CCC(C#N)(NC(=O)CC2CC2)CC1. The lowest BCUT2D eigenvalue weighted by Crippen LogP contribution is -2.49. The summed E-state index contributed by atoms with van der Waals surface area (Å²) in [6.45, 7) is 2.22. The van der Waals surface area contributed by atoms with Crippen LogP contribution in [0.4, 0.5) is 0 Å². The second-order valence-corrected chi connectivity index (χ2v) is 5.57. The zero-order valence-electron chi connectivity index (χ0n) is 9.96. The number of carbonyl (C=O) groups is 1. The maximum atomic E-state index is 11.7. The van der Waals surface area contributed by atoms with E-state index in [2.05, 4.69) is 18.3 Å². The van der Waals surface area contributed by atoms with Crippen molar-refractivity contribution in [3.05, 3.63) is 0 Å². The van der Waals surface area contributed by atoms with Gasteiger partial charge in [-0.3, -0.25) is 4.79 Å². The molecule has 3 heteroatoms. The van der Waals surface area contributed by atoms with Gasteiger partial charge in [0.05, 0.1) is 6.07 Å². The van der Waals surface area contributed by atoms with Crippen molar-refractivity contribution >= 4 is 5.91 Å². The molecule has 2 saturated carbocycles. The molecular weight excluding hydrogens is 200 g/mol. The van der Waals surface area contributed by atoms with E-state index < -0.39 is 5.54 Å². The number of hydrogen-bond acceptors (Lipinski definition) is 2. The summed E-state index contributed by atoms with van der Waals surface area (Å²) >= 11 is 0. The largest absolute Gasteiger partial charge is 0.338 e. The van der Waals surface area contributed by atoms with Crippen LogP contribution in [0.15, 0.2) is 0 Å². The number of hydrogen-bond donors (Lipinski definition) is 1. The summed E-state index contributed by atoms with van der Waals surface area (Å²) in [5, 5.41) is 12.2. The summed E-state index contributed by atoms with van der Waals surface area (Å²) in [7, 11) is 0. The maximum Gasteiger partial charge on any atom is 0.221 e. The normalized spacial score (nSPS) is 34.1. The predicted molar refractivity (Wildman–Crippen MR) is 61.5 cm³/mol. The lowest BCUT2D eigenvalue weighted by atomic mass is 9.78. The Balaban J connectivity index is 1.88. The van der Waals surface area contributed by atoms with Gasteiger partial charge in [0.1, 0.15) is 5.54 Å². The fourth-order valence-corrected chi connectivity index (χ4v) is 2.42. The maximum absolute atomic E-state index is 11.7. The Labute approximate surface area is 97.2 Å². The molecule has 0 aromatic carbocycles. The van der Waals surface area contributed by atoms with Gasteiger partial charge in [0.15, 0.2) is 0 Å². The lowest BCUT2D eigenvalue weighted by Gasteiger charge is -2.34. The van der Waals surface area contributed by atoms with Crippen LogP contribution in [0.25, 0.3) is 0 Å². The molecule has 0 atom stereocenters. The van der Waals surface area contributed by atoms with E-state index in [0.29, 0.717) is 18.3 Å². The Morgan fingerprint density at radius 2 is 2.00 bits per heavy atom. The van der Waals surface area contributed by atoms with Gasteiger partial charge in [0.25, 0.3) is 0 Å². The average Bonchev–Trinajstić information content (AvgIpc) is 3.06. The number of nitriles is 1. The van der Waals surface area contributed by atoms with Gasteiger partial charge in [0.2, 0.25) is 5.91 Å². The molecule has 0 aromatic heterocycles. The Kier molecular flexibility index (Phi) is 3.18. The van der Waals surface area contributed by atoms with Crippen LogP contribution in [-0.4, -0.2) is 11.4 Å². The quantitative estimate of drug-likeness (QED) is 0.794. The molecule has 1 amide bonds. The summed E-state index contributed by atoms with van der Waals surface area (Å²) in [5.41, 5.74) is -0.557. The van der Waals surface area contributed by atoms with E-state index in [1.54, 1.807) is 0 Å². The standard InChI is InChI=1S/C13H20N2O/c1-10-4-6-13(9-14,7-5-10)15-12(16)8-11-2-3-11/h10-11H,2-8H2,1H3,(H,15,16). The number of rotatable bonds is 3. The number of carbonyl (C=O) groups excluding carboxylic acids is 1. The van der Waals surface area contributed by atoms with Crippen molar-refractivity contribution < 1.29 is 4.79 Å². The predicted octanol–water partition coefficient (Wildman–Crippen LogP) is 2.38. The second-order valence-electron chi connectivity index (χ2n) is 5.57. The molecule has 2 fully saturated rings. The van der Waals surface area contributed by atoms with Crippen LogP contribution in [0.2, 0.25) is 0 Å². The molecule has 0 bridgehead atoms. The summed E-state index contributed by atoms with van der Waals surface area (Å²) < 4.78 is 0. The van der Waals surface area contributed by atoms with Crippen LogP contribution in [0.3, 0.4) is 0 Å². The molecule has 0 spiro atoms. The van der Waals surface area contributed by atoms with Gasteiger partial charge in [0, 0.05) is 6.42 Å². The second kappa shape index (κ2) is 4.45. The van der Waals surface area contributed by atoms with E-state index in [4.69, 9.17) is 0 Å². The highest BCUT2D eigenvalue weighted by molar-refractivity contribution is 5.77. The highest BCUT2D eigenvalue weighted by atomic mass is 16.1. The first-order valence-electron chi connectivity index (χ1n) is 6.36. The molecule has 0 saturated heterocycles. The van der Waals surface area contributed by atoms with E-state index in [1.807, 2.05) is 0 Å². The lowest BCUT2D eigenvalue weighted by molar-refractivity contribution is -0.123. The van der Waals surface area contributed by atoms with Gasteiger partial charge in [-0.05, 0) is 50.4 Å². The van der Waals surface area contributed by atoms with E-state index in [1.165, 1.54) is 12.8 Å². The van der Waals surface area contributed by atoms with Crippen LogP contribution in [0, 0.1) is 23.2 Å². The summed E-state index contributed by atoms with van der Waals surface area (Å²) in [5.74, 6) is 1.37. The molecule has 0 unspecified atom stereocenters. The third kappa shape index (κ3) is 2.75. The molecule has 16 heavy (non-hydrogen) atoms. The molecule has 3 nitrogen and oxygen atoms in total. The van der Waals surface area contributed by atoms with Crippen LogP contribution < -0.4 is 5.32 Å². The third-order valence-corrected chi connectivity index (χ3v) is 3.89. The highest BCUT2D eigenvalue weighted by Crippen LogP contribution is 2.34. The first-order chi connectivity index (χ1) is 7.63. The fourth-order valence-electron chi connectivity index (χ4n) is 2.42. The third-order valence-electron chi connectivity index (χ3n) is 3.89. The molecule has 0 radical (unpaired) electrons. The van der Waals surface area contributed by atoms with Crippen LogP contribution >= 0.6 is 0 Å². The molecule has 1 N–H and O–H groups in total. The minimum atomic E-state index is -0.557. The van der Waals surface area contributed by atoms with Gasteiger partial charge in [-0.1, -0.05) is 6.92 Å². The summed E-state index contributed by atoms with van der Waals surface area (Å²) in [6, 6.07) is 2.33. The minimum Gasteiger partial charge on any atom is -0.338 e. The Hall–Kier alpha value is -1.04. The van der Waals surface area contributed by atoms with Gasteiger partial charge in [-0.2, -0.15) is 5.26 Å². The van der Waals surface area contributed by atoms with Crippen LogP contribution in [0.1, 0.15) is 51.9 Å². The molecule has 0 aromatic rings. The van der Waals surface area contributed by atoms with Gasteiger partial charge >= 0.3 is 0 Å². The van der Waals surface area contributed by atoms with Crippen molar-refractivity contribution in [2.24, 2.45) is 11.8 Å². The van der Waals surface area contributed by atoms with Gasteiger partial charge in [-0.25, -0.2) is 0 Å². The molecule has 2 aliphatic rings. The van der Waals surface area contributed by atoms with Crippen molar-refractivity contribution in [3.8, 4) is 6.07 Å². The molecule has 2 rings (SSSR count). The van der Waals surface area contributed by atoms with Crippen molar-refractivity contribution in [2.45, 2.75) is 57.4 Å². The Morgan fingerprint density at radius 1 is 1.38 bits per heavy atom. The Bertz CT molecular complexity index is 306. The number of amides is 1. The molecule has 0 heterocycles. The topological polar surface area (TPSA) is 52.9 Å². The fraction of sp³-hybridized carbons (Fsp3) is 0.846. The van der Waals surface area contributed by atoms with Gasteiger partial charge < -0.3 is 5.32 Å². The van der Waals surface area contributed by atoms with E-state index >= 15 is 0 Å². The van der Waals surface area contributed by atoms with Crippen molar-refractivity contribution in [3.63, 3.8) is 0 Å². The van der Waals surface area contributed by atoms with Crippen molar-refractivity contribution in [1.82, 2.24) is 5.32 Å². The number of nitrogens with zero attached hydrogens (tertiary/aromatic N) is 1. The van der Waals surface area contributed by atoms with Crippen LogP contribution in [0.5, 0.6) is 0 Å². The van der Waals surface area contributed by atoms with E-state index in [-0.39, 0.29) is 5.91 Å². The zero-order valence-corrected chi connectivity index (χ0v) is 9.96. The molecular formula is C13H20N2O. The van der Waals surface area contributed by atoms with Crippen molar-refractivity contribution in [2.75, 3.05) is 0 Å². The Morgan fingerprint density at radius 3 is 2.50 bits per heavy atom. The minimum absolute atomic E-state index is 0.0820. The average molecular weight is 220 g/mol. The van der Waals surface area contributed by atoms with Gasteiger partial charge in [-0.15, -0.1) is 0 Å². The monoisotopic (exact) mass is 220 g/mol. The smallest absolute Gasteiger partial charge is 0.221 e.